The number of aromatic nitrogens is 1. The number of nitrogens with two attached hydrogens (primary N) is 1. The number of hydrogen-bond donors (Lipinski definition) is 2. The zero-order valence-electron chi connectivity index (χ0n) is 8.55. The number of carbonyl (C=O) groups excluding carboxylic acids is 1. The standard InChI is InChI=1S/C12H11N3O/c13-12(16)9-6-7-11(14-8-9)15-10-4-2-1-3-5-10/h1-8H,(H2,13,16)(H,14,15). The lowest BCUT2D eigenvalue weighted by Gasteiger charge is -2.04. The molecule has 0 spiro atoms. The molecule has 16 heavy (non-hydrogen) atoms. The first kappa shape index (κ1) is 10.2. The van der Waals surface area contributed by atoms with Crippen LogP contribution in [-0.2, 0) is 0 Å². The fraction of sp³-hybridized carbons (Fsp3) is 0. The topological polar surface area (TPSA) is 68.0 Å². The zero-order valence-corrected chi connectivity index (χ0v) is 8.55. The van der Waals surface area contributed by atoms with Gasteiger partial charge in [0.1, 0.15) is 5.82 Å². The SMILES string of the molecule is NC(=O)c1ccc(Nc2ccccc2)nc1. The van der Waals surface area contributed by atoms with Gasteiger partial charge in [-0.2, -0.15) is 0 Å². The van der Waals surface area contributed by atoms with Crippen molar-refractivity contribution in [2.75, 3.05) is 5.32 Å². The Balaban J connectivity index is 2.14. The van der Waals surface area contributed by atoms with Crippen LogP contribution in [0.3, 0.4) is 0 Å². The van der Waals surface area contributed by atoms with Crippen LogP contribution in [0, 0.1) is 0 Å². The van der Waals surface area contributed by atoms with Crippen LogP contribution in [0.5, 0.6) is 0 Å². The summed E-state index contributed by atoms with van der Waals surface area (Å²) in [7, 11) is 0. The minimum atomic E-state index is -0.473. The molecular formula is C12H11N3O. The Morgan fingerprint density at radius 3 is 2.44 bits per heavy atom. The predicted octanol–water partition coefficient (Wildman–Crippen LogP) is 1.92. The molecule has 4 heteroatoms. The van der Waals surface area contributed by atoms with Crippen LogP contribution >= 0.6 is 0 Å². The van der Waals surface area contributed by atoms with E-state index in [4.69, 9.17) is 5.73 Å². The van der Waals surface area contributed by atoms with E-state index in [-0.39, 0.29) is 0 Å². The van der Waals surface area contributed by atoms with Crippen molar-refractivity contribution in [1.29, 1.82) is 0 Å². The highest BCUT2D eigenvalue weighted by Crippen LogP contribution is 2.13. The molecule has 4 nitrogen and oxygen atoms in total. The lowest BCUT2D eigenvalue weighted by Crippen LogP contribution is -2.11. The van der Waals surface area contributed by atoms with Crippen LogP contribution in [0.1, 0.15) is 10.4 Å². The van der Waals surface area contributed by atoms with Crippen LogP contribution in [0.4, 0.5) is 11.5 Å². The van der Waals surface area contributed by atoms with Gasteiger partial charge in [0.05, 0.1) is 5.56 Å². The monoisotopic (exact) mass is 213 g/mol. The smallest absolute Gasteiger partial charge is 0.250 e. The van der Waals surface area contributed by atoms with Crippen LogP contribution in [0.25, 0.3) is 0 Å². The summed E-state index contributed by atoms with van der Waals surface area (Å²) in [5.41, 5.74) is 6.46. The second kappa shape index (κ2) is 4.44. The van der Waals surface area contributed by atoms with E-state index in [1.54, 1.807) is 12.1 Å². The van der Waals surface area contributed by atoms with Gasteiger partial charge in [0.2, 0.25) is 5.91 Å². The Hall–Kier alpha value is -2.36. The highest BCUT2D eigenvalue weighted by molar-refractivity contribution is 5.92. The van der Waals surface area contributed by atoms with E-state index in [1.165, 1.54) is 6.20 Å². The Morgan fingerprint density at radius 2 is 1.88 bits per heavy atom. The summed E-state index contributed by atoms with van der Waals surface area (Å²) in [5, 5.41) is 3.11. The number of hydrogen-bond acceptors (Lipinski definition) is 3. The van der Waals surface area contributed by atoms with Gasteiger partial charge in [-0.25, -0.2) is 4.98 Å². The number of para-hydroxylation sites is 1. The van der Waals surface area contributed by atoms with Gasteiger partial charge in [0.25, 0.3) is 0 Å². The number of primary amides is 1. The minimum absolute atomic E-state index is 0.401. The fourth-order valence-electron chi connectivity index (χ4n) is 1.28. The number of rotatable bonds is 3. The van der Waals surface area contributed by atoms with Crippen LogP contribution in [0.15, 0.2) is 48.7 Å². The molecule has 0 aliphatic carbocycles. The number of amides is 1. The second-order valence-corrected chi connectivity index (χ2v) is 3.29. The van der Waals surface area contributed by atoms with Gasteiger partial charge in [0, 0.05) is 11.9 Å². The second-order valence-electron chi connectivity index (χ2n) is 3.29. The molecule has 80 valence electrons. The highest BCUT2D eigenvalue weighted by Gasteiger charge is 2.00. The summed E-state index contributed by atoms with van der Waals surface area (Å²) in [6.45, 7) is 0. The van der Waals surface area contributed by atoms with Gasteiger partial charge < -0.3 is 11.1 Å². The molecule has 0 radical (unpaired) electrons. The van der Waals surface area contributed by atoms with Crippen LogP contribution in [0.2, 0.25) is 0 Å². The van der Waals surface area contributed by atoms with Gasteiger partial charge in [-0.15, -0.1) is 0 Å². The molecular weight excluding hydrogens is 202 g/mol. The van der Waals surface area contributed by atoms with Gasteiger partial charge in [0.15, 0.2) is 0 Å². The van der Waals surface area contributed by atoms with Crippen LogP contribution in [-0.4, -0.2) is 10.9 Å². The van der Waals surface area contributed by atoms with Crippen molar-refractivity contribution < 1.29 is 4.79 Å². The van der Waals surface area contributed by atoms with Crippen molar-refractivity contribution >= 4 is 17.4 Å². The Morgan fingerprint density at radius 1 is 1.12 bits per heavy atom. The summed E-state index contributed by atoms with van der Waals surface area (Å²) in [6.07, 6.45) is 1.45. The van der Waals surface area contributed by atoms with Crippen molar-refractivity contribution in [2.45, 2.75) is 0 Å². The lowest BCUT2D eigenvalue weighted by atomic mass is 10.2. The Bertz CT molecular complexity index is 479. The maximum Gasteiger partial charge on any atom is 0.250 e. The molecule has 0 saturated carbocycles. The third kappa shape index (κ3) is 2.36. The number of carbonyl (C=O) groups is 1. The maximum atomic E-state index is 10.8. The summed E-state index contributed by atoms with van der Waals surface area (Å²) < 4.78 is 0. The summed E-state index contributed by atoms with van der Waals surface area (Å²) >= 11 is 0. The molecule has 3 N–H and O–H groups in total. The molecule has 0 unspecified atom stereocenters. The van der Waals surface area contributed by atoms with E-state index in [9.17, 15) is 4.79 Å². The van der Waals surface area contributed by atoms with E-state index in [2.05, 4.69) is 10.3 Å². The van der Waals surface area contributed by atoms with Gasteiger partial charge in [-0.3, -0.25) is 4.79 Å². The van der Waals surface area contributed by atoms with Gasteiger partial charge in [-0.1, -0.05) is 18.2 Å². The fourth-order valence-corrected chi connectivity index (χ4v) is 1.28. The molecule has 0 aliphatic heterocycles. The molecule has 2 aromatic rings. The summed E-state index contributed by atoms with van der Waals surface area (Å²) in [4.78, 5) is 14.9. The molecule has 1 heterocycles. The number of nitrogens with zero attached hydrogens (tertiary/aromatic N) is 1. The molecule has 1 amide bonds. The molecule has 0 fully saturated rings. The van der Waals surface area contributed by atoms with Crippen molar-refractivity contribution in [1.82, 2.24) is 4.98 Å². The van der Waals surface area contributed by atoms with Gasteiger partial charge >= 0.3 is 0 Å². The molecule has 0 bridgehead atoms. The van der Waals surface area contributed by atoms with Crippen molar-refractivity contribution in [3.63, 3.8) is 0 Å². The number of benzene rings is 1. The van der Waals surface area contributed by atoms with Crippen molar-refractivity contribution in [3.8, 4) is 0 Å². The largest absolute Gasteiger partial charge is 0.366 e. The normalized spacial score (nSPS) is 9.75. The average Bonchev–Trinajstić information content (AvgIpc) is 2.31. The van der Waals surface area contributed by atoms with Crippen molar-refractivity contribution in [2.24, 2.45) is 5.73 Å². The lowest BCUT2D eigenvalue weighted by molar-refractivity contribution is 0.1000. The van der Waals surface area contributed by atoms with E-state index >= 15 is 0 Å². The van der Waals surface area contributed by atoms with E-state index < -0.39 is 5.91 Å². The van der Waals surface area contributed by atoms with Gasteiger partial charge in [-0.05, 0) is 24.3 Å². The predicted molar refractivity (Wildman–Crippen MR) is 62.5 cm³/mol. The quantitative estimate of drug-likeness (QED) is 0.818. The Kier molecular flexibility index (Phi) is 2.82. The summed E-state index contributed by atoms with van der Waals surface area (Å²) in [6, 6.07) is 13.0. The molecule has 1 aromatic heterocycles. The first-order valence-electron chi connectivity index (χ1n) is 4.83. The van der Waals surface area contributed by atoms with Crippen LogP contribution < -0.4 is 11.1 Å². The first-order chi connectivity index (χ1) is 7.75. The van der Waals surface area contributed by atoms with Crippen molar-refractivity contribution in [3.05, 3.63) is 54.2 Å². The molecule has 0 atom stereocenters. The first-order valence-corrected chi connectivity index (χ1v) is 4.83. The zero-order chi connectivity index (χ0) is 11.4. The van der Waals surface area contributed by atoms with E-state index in [0.29, 0.717) is 11.4 Å². The molecule has 0 saturated heterocycles. The number of pyridine rings is 1. The number of anilines is 2. The van der Waals surface area contributed by atoms with E-state index in [0.717, 1.165) is 5.69 Å². The third-order valence-electron chi connectivity index (χ3n) is 2.09. The number of nitrogens with one attached hydrogen (secondary N) is 1. The summed E-state index contributed by atoms with van der Waals surface area (Å²) in [5.74, 6) is 0.204. The average molecular weight is 213 g/mol. The third-order valence-corrected chi connectivity index (χ3v) is 2.09. The van der Waals surface area contributed by atoms with E-state index in [1.807, 2.05) is 30.3 Å². The minimum Gasteiger partial charge on any atom is -0.366 e. The molecule has 1 aromatic carbocycles. The highest BCUT2D eigenvalue weighted by atomic mass is 16.1. The molecule has 2 rings (SSSR count). The Labute approximate surface area is 93.1 Å². The maximum absolute atomic E-state index is 10.8. The molecule has 0 aliphatic rings.